The molecule has 0 atom stereocenters. The molecule has 0 saturated heterocycles. The van der Waals surface area contributed by atoms with Crippen molar-refractivity contribution in [2.75, 3.05) is 20.3 Å². The molecule has 0 aliphatic heterocycles. The maximum atomic E-state index is 12.2. The van der Waals surface area contributed by atoms with E-state index in [-0.39, 0.29) is 18.9 Å². The van der Waals surface area contributed by atoms with Gasteiger partial charge in [-0.25, -0.2) is 0 Å². The van der Waals surface area contributed by atoms with Crippen LogP contribution in [0.25, 0.3) is 0 Å². The van der Waals surface area contributed by atoms with Gasteiger partial charge in [0.25, 0.3) is 5.91 Å². The minimum atomic E-state index is -0.454. The van der Waals surface area contributed by atoms with Crippen molar-refractivity contribution >= 4 is 11.8 Å². The van der Waals surface area contributed by atoms with Gasteiger partial charge in [0.05, 0.1) is 26.7 Å². The average molecular weight is 372 g/mol. The van der Waals surface area contributed by atoms with Crippen LogP contribution in [-0.4, -0.2) is 32.1 Å². The number of hydrogen-bond acceptors (Lipinski definition) is 5. The molecule has 2 rings (SSSR count). The zero-order valence-electron chi connectivity index (χ0n) is 15.7. The van der Waals surface area contributed by atoms with E-state index < -0.39 is 5.91 Å². The summed E-state index contributed by atoms with van der Waals surface area (Å²) in [6.07, 6.45) is 0.112. The van der Waals surface area contributed by atoms with Crippen LogP contribution in [0.15, 0.2) is 42.5 Å². The molecule has 0 heterocycles. The highest BCUT2D eigenvalue weighted by atomic mass is 16.5. The number of rotatable bonds is 8. The highest BCUT2D eigenvalue weighted by Gasteiger charge is 2.12. The topological polar surface area (TPSA) is 85.9 Å². The van der Waals surface area contributed by atoms with Gasteiger partial charge in [0.1, 0.15) is 5.75 Å². The van der Waals surface area contributed by atoms with Gasteiger partial charge in [-0.3, -0.25) is 20.4 Å². The van der Waals surface area contributed by atoms with E-state index in [1.165, 1.54) is 7.11 Å². The first kappa shape index (κ1) is 20.1. The normalized spacial score (nSPS) is 10.0. The highest BCUT2D eigenvalue weighted by Crippen LogP contribution is 2.27. The molecule has 2 N–H and O–H groups in total. The number of hydrazine groups is 1. The fourth-order valence-corrected chi connectivity index (χ4v) is 2.24. The zero-order valence-corrected chi connectivity index (χ0v) is 15.7. The number of carbonyl (C=O) groups excluding carboxylic acids is 2. The standard InChI is InChI=1S/C20H24N2O5/c1-4-26-17-10-7-15(13-18(17)25-3)20(24)22-21-19(23)11-12-27-16-8-5-14(2)6-9-16/h5-10,13H,4,11-12H2,1-3H3,(H,21,23)(H,22,24). The smallest absolute Gasteiger partial charge is 0.269 e. The summed E-state index contributed by atoms with van der Waals surface area (Å²) in [5.74, 6) is 0.882. The Balaban J connectivity index is 1.78. The number of ether oxygens (including phenoxy) is 3. The third kappa shape index (κ3) is 6.22. The Kier molecular flexibility index (Phi) is 7.49. The van der Waals surface area contributed by atoms with E-state index >= 15 is 0 Å². The number of carbonyl (C=O) groups is 2. The summed E-state index contributed by atoms with van der Waals surface area (Å²) in [5, 5.41) is 0. The lowest BCUT2D eigenvalue weighted by atomic mass is 10.2. The van der Waals surface area contributed by atoms with Crippen molar-refractivity contribution < 1.29 is 23.8 Å². The third-order valence-electron chi connectivity index (χ3n) is 3.66. The second-order valence-electron chi connectivity index (χ2n) is 5.71. The second-order valence-corrected chi connectivity index (χ2v) is 5.71. The molecule has 7 heteroatoms. The van der Waals surface area contributed by atoms with E-state index in [0.717, 1.165) is 5.56 Å². The van der Waals surface area contributed by atoms with Gasteiger partial charge >= 0.3 is 0 Å². The summed E-state index contributed by atoms with van der Waals surface area (Å²) < 4.78 is 16.1. The van der Waals surface area contributed by atoms with E-state index in [4.69, 9.17) is 14.2 Å². The van der Waals surface area contributed by atoms with Gasteiger partial charge in [-0.2, -0.15) is 0 Å². The lowest BCUT2D eigenvalue weighted by molar-refractivity contribution is -0.122. The Morgan fingerprint density at radius 1 is 0.963 bits per heavy atom. The van der Waals surface area contributed by atoms with E-state index in [1.807, 2.05) is 38.1 Å². The van der Waals surface area contributed by atoms with Crippen LogP contribution in [0.4, 0.5) is 0 Å². The Labute approximate surface area is 158 Å². The molecule has 0 unspecified atom stereocenters. The fourth-order valence-electron chi connectivity index (χ4n) is 2.24. The molecular formula is C20H24N2O5. The lowest BCUT2D eigenvalue weighted by Gasteiger charge is -2.12. The summed E-state index contributed by atoms with van der Waals surface area (Å²) >= 11 is 0. The van der Waals surface area contributed by atoms with Crippen molar-refractivity contribution in [1.29, 1.82) is 0 Å². The minimum absolute atomic E-state index is 0.112. The molecule has 0 bridgehead atoms. The van der Waals surface area contributed by atoms with Crippen LogP contribution in [0.5, 0.6) is 17.2 Å². The summed E-state index contributed by atoms with van der Waals surface area (Å²) in [7, 11) is 1.50. The number of nitrogens with one attached hydrogen (secondary N) is 2. The number of benzene rings is 2. The molecule has 0 aliphatic rings. The fraction of sp³-hybridized carbons (Fsp3) is 0.300. The van der Waals surface area contributed by atoms with Gasteiger partial charge < -0.3 is 14.2 Å². The predicted molar refractivity (Wildman–Crippen MR) is 101 cm³/mol. The summed E-state index contributed by atoms with van der Waals surface area (Å²) in [4.78, 5) is 24.0. The molecule has 0 spiro atoms. The molecule has 7 nitrogen and oxygen atoms in total. The van der Waals surface area contributed by atoms with Crippen LogP contribution in [0, 0.1) is 6.92 Å². The highest BCUT2D eigenvalue weighted by molar-refractivity contribution is 5.96. The monoisotopic (exact) mass is 372 g/mol. The quantitative estimate of drug-likeness (QED) is 0.696. The summed E-state index contributed by atoms with van der Waals surface area (Å²) in [6, 6.07) is 12.3. The van der Waals surface area contributed by atoms with E-state index in [1.54, 1.807) is 18.2 Å². The van der Waals surface area contributed by atoms with Crippen LogP contribution in [0.2, 0.25) is 0 Å². The average Bonchev–Trinajstić information content (AvgIpc) is 2.68. The second kappa shape index (κ2) is 10.1. The number of aryl methyl sites for hydroxylation is 1. The van der Waals surface area contributed by atoms with Gasteiger partial charge in [0, 0.05) is 5.56 Å². The molecule has 0 fully saturated rings. The lowest BCUT2D eigenvalue weighted by Crippen LogP contribution is -2.42. The molecular weight excluding hydrogens is 348 g/mol. The molecule has 27 heavy (non-hydrogen) atoms. The number of hydrogen-bond donors (Lipinski definition) is 2. The van der Waals surface area contributed by atoms with Crippen molar-refractivity contribution in [3.05, 3.63) is 53.6 Å². The number of methoxy groups -OCH3 is 1. The third-order valence-corrected chi connectivity index (χ3v) is 3.66. The first-order valence-electron chi connectivity index (χ1n) is 8.63. The molecule has 144 valence electrons. The van der Waals surface area contributed by atoms with Gasteiger partial charge in [0.2, 0.25) is 5.91 Å². The summed E-state index contributed by atoms with van der Waals surface area (Å²) in [6.45, 7) is 4.54. The van der Waals surface area contributed by atoms with Crippen LogP contribution in [-0.2, 0) is 4.79 Å². The van der Waals surface area contributed by atoms with Gasteiger partial charge in [-0.05, 0) is 44.2 Å². The Morgan fingerprint density at radius 3 is 2.37 bits per heavy atom. The van der Waals surface area contributed by atoms with Crippen molar-refractivity contribution in [3.63, 3.8) is 0 Å². The van der Waals surface area contributed by atoms with Gasteiger partial charge in [-0.1, -0.05) is 17.7 Å². The molecule has 0 aliphatic carbocycles. The molecule has 0 saturated carbocycles. The molecule has 2 aromatic rings. The van der Waals surface area contributed by atoms with E-state index in [9.17, 15) is 9.59 Å². The van der Waals surface area contributed by atoms with Crippen molar-refractivity contribution in [2.24, 2.45) is 0 Å². The summed E-state index contributed by atoms with van der Waals surface area (Å²) in [5.41, 5.74) is 6.20. The van der Waals surface area contributed by atoms with E-state index in [2.05, 4.69) is 10.9 Å². The maximum absolute atomic E-state index is 12.2. The first-order chi connectivity index (χ1) is 13.0. The van der Waals surface area contributed by atoms with Crippen LogP contribution in [0.1, 0.15) is 29.3 Å². The van der Waals surface area contributed by atoms with Gasteiger partial charge in [-0.15, -0.1) is 0 Å². The predicted octanol–water partition coefficient (Wildman–Crippen LogP) is 2.63. The van der Waals surface area contributed by atoms with E-state index in [0.29, 0.717) is 29.4 Å². The molecule has 2 amide bonds. The SMILES string of the molecule is CCOc1ccc(C(=O)NNC(=O)CCOc2ccc(C)cc2)cc1OC. The maximum Gasteiger partial charge on any atom is 0.269 e. The Morgan fingerprint density at radius 2 is 1.70 bits per heavy atom. The largest absolute Gasteiger partial charge is 0.493 e. The van der Waals surface area contributed by atoms with Crippen LogP contribution >= 0.6 is 0 Å². The zero-order chi connectivity index (χ0) is 19.6. The van der Waals surface area contributed by atoms with Crippen molar-refractivity contribution in [3.8, 4) is 17.2 Å². The number of amides is 2. The molecule has 2 aromatic carbocycles. The first-order valence-corrected chi connectivity index (χ1v) is 8.63. The Hall–Kier alpha value is -3.22. The van der Waals surface area contributed by atoms with Gasteiger partial charge in [0.15, 0.2) is 11.5 Å². The minimum Gasteiger partial charge on any atom is -0.493 e. The van der Waals surface area contributed by atoms with Crippen LogP contribution < -0.4 is 25.1 Å². The van der Waals surface area contributed by atoms with Crippen LogP contribution in [0.3, 0.4) is 0 Å². The van der Waals surface area contributed by atoms with Crippen molar-refractivity contribution in [2.45, 2.75) is 20.3 Å². The molecule has 0 radical (unpaired) electrons. The molecule has 0 aromatic heterocycles. The van der Waals surface area contributed by atoms with Crippen molar-refractivity contribution in [1.82, 2.24) is 10.9 Å². The Bertz CT molecular complexity index is 774.